The van der Waals surface area contributed by atoms with E-state index in [0.29, 0.717) is 31.7 Å². The molecule has 3 aliphatic rings. The van der Waals surface area contributed by atoms with Gasteiger partial charge in [-0.2, -0.15) is 0 Å². The standard InChI is InChI=1S/C28H32FN3O3/c1-35-20-10-11-21-23(12-20)30-26-24(14-33)31(13-19-8-4-5-9-22(19)29)15-28(25(21)26)16-32(17-28)27(34)18-6-2-3-7-18/h4-5,8-12,18,24,30,33H,2-3,6-7,13-17H2,1H3/t24-/m0/s1. The molecule has 1 saturated heterocycles. The van der Waals surface area contributed by atoms with E-state index in [1.54, 1.807) is 19.2 Å². The summed E-state index contributed by atoms with van der Waals surface area (Å²) in [5.74, 6) is 0.959. The topological polar surface area (TPSA) is 68.8 Å². The van der Waals surface area contributed by atoms with Gasteiger partial charge in [-0.05, 0) is 36.6 Å². The lowest BCUT2D eigenvalue weighted by molar-refractivity contribution is -0.145. The summed E-state index contributed by atoms with van der Waals surface area (Å²) in [6, 6.07) is 12.6. The van der Waals surface area contributed by atoms with Crippen molar-refractivity contribution >= 4 is 16.8 Å². The Balaban J connectivity index is 1.40. The number of carbonyl (C=O) groups is 1. The molecule has 35 heavy (non-hydrogen) atoms. The number of ether oxygens (including phenoxy) is 1. The minimum absolute atomic E-state index is 0.0772. The highest BCUT2D eigenvalue weighted by Gasteiger charge is 2.54. The number of benzene rings is 2. The maximum Gasteiger partial charge on any atom is 0.225 e. The molecule has 3 heterocycles. The summed E-state index contributed by atoms with van der Waals surface area (Å²) in [4.78, 5) is 20.9. The molecule has 3 aromatic rings. The van der Waals surface area contributed by atoms with Crippen LogP contribution in [0.15, 0.2) is 42.5 Å². The summed E-state index contributed by atoms with van der Waals surface area (Å²) < 4.78 is 20.0. The van der Waals surface area contributed by atoms with Crippen LogP contribution < -0.4 is 4.74 Å². The van der Waals surface area contributed by atoms with Gasteiger partial charge in [-0.15, -0.1) is 0 Å². The summed E-state index contributed by atoms with van der Waals surface area (Å²) in [5.41, 5.74) is 3.47. The first kappa shape index (κ1) is 22.6. The third kappa shape index (κ3) is 3.64. The van der Waals surface area contributed by atoms with Gasteiger partial charge in [0.2, 0.25) is 5.91 Å². The molecule has 184 valence electrons. The second kappa shape index (κ2) is 8.64. The van der Waals surface area contributed by atoms with E-state index in [4.69, 9.17) is 4.74 Å². The van der Waals surface area contributed by atoms with Gasteiger partial charge in [0, 0.05) is 65.7 Å². The molecule has 2 aromatic carbocycles. The molecule has 1 aliphatic carbocycles. The van der Waals surface area contributed by atoms with Gasteiger partial charge in [-0.25, -0.2) is 4.39 Å². The number of halogens is 1. The lowest BCUT2D eigenvalue weighted by Crippen LogP contribution is -2.68. The van der Waals surface area contributed by atoms with Gasteiger partial charge in [0.1, 0.15) is 11.6 Å². The van der Waals surface area contributed by atoms with E-state index in [0.717, 1.165) is 48.0 Å². The highest BCUT2D eigenvalue weighted by atomic mass is 19.1. The number of hydrogen-bond acceptors (Lipinski definition) is 4. The van der Waals surface area contributed by atoms with Crippen LogP contribution in [0.3, 0.4) is 0 Å². The second-order valence-electron chi connectivity index (χ2n) is 10.5. The molecule has 0 bridgehead atoms. The predicted octanol–water partition coefficient (Wildman–Crippen LogP) is 4.14. The Kier molecular flexibility index (Phi) is 5.57. The molecule has 0 radical (unpaired) electrons. The Hall–Kier alpha value is -2.90. The molecule has 1 amide bonds. The van der Waals surface area contributed by atoms with Crippen molar-refractivity contribution in [3.8, 4) is 5.75 Å². The average Bonchev–Trinajstić information content (AvgIpc) is 3.51. The van der Waals surface area contributed by atoms with E-state index in [1.807, 2.05) is 23.1 Å². The molecule has 0 unspecified atom stereocenters. The smallest absolute Gasteiger partial charge is 0.225 e. The Labute approximate surface area is 204 Å². The first-order valence-corrected chi connectivity index (χ1v) is 12.6. The molecule has 1 saturated carbocycles. The number of likely N-dealkylation sites (tertiary alicyclic amines) is 1. The molecule has 1 atom stereocenters. The number of methoxy groups -OCH3 is 1. The van der Waals surface area contributed by atoms with E-state index in [-0.39, 0.29) is 35.7 Å². The number of amides is 1. The molecule has 2 aliphatic heterocycles. The Morgan fingerprint density at radius 3 is 2.66 bits per heavy atom. The molecule has 7 heteroatoms. The van der Waals surface area contributed by atoms with E-state index >= 15 is 0 Å². The number of aromatic nitrogens is 1. The van der Waals surface area contributed by atoms with Crippen molar-refractivity contribution in [1.82, 2.24) is 14.8 Å². The van der Waals surface area contributed by atoms with Crippen LogP contribution in [-0.4, -0.2) is 59.1 Å². The SMILES string of the molecule is COc1ccc2c3c([nH]c2c1)[C@H](CO)N(Cc1ccccc1F)CC31CN(C(=O)C2CCCC2)C1. The third-order valence-electron chi connectivity index (χ3n) is 8.35. The number of carbonyl (C=O) groups excluding carboxylic acids is 1. The zero-order chi connectivity index (χ0) is 24.2. The van der Waals surface area contributed by atoms with E-state index in [2.05, 4.69) is 16.0 Å². The largest absolute Gasteiger partial charge is 0.497 e. The summed E-state index contributed by atoms with van der Waals surface area (Å²) in [5, 5.41) is 11.6. The molecule has 6 nitrogen and oxygen atoms in total. The minimum atomic E-state index is -0.284. The van der Waals surface area contributed by atoms with Crippen LogP contribution in [0.4, 0.5) is 4.39 Å². The number of aliphatic hydroxyl groups excluding tert-OH is 1. The molecular weight excluding hydrogens is 445 g/mol. The summed E-state index contributed by atoms with van der Waals surface area (Å²) in [6.07, 6.45) is 4.26. The fourth-order valence-electron chi connectivity index (χ4n) is 6.65. The molecule has 1 aromatic heterocycles. The van der Waals surface area contributed by atoms with Crippen molar-refractivity contribution < 1.29 is 19.0 Å². The average molecular weight is 478 g/mol. The number of nitrogens with one attached hydrogen (secondary N) is 1. The van der Waals surface area contributed by atoms with Crippen molar-refractivity contribution in [3.63, 3.8) is 0 Å². The van der Waals surface area contributed by atoms with Gasteiger partial charge < -0.3 is 19.7 Å². The zero-order valence-electron chi connectivity index (χ0n) is 20.1. The van der Waals surface area contributed by atoms with Crippen LogP contribution in [0.2, 0.25) is 0 Å². The van der Waals surface area contributed by atoms with Crippen LogP contribution >= 0.6 is 0 Å². The normalized spacial score (nSPS) is 21.9. The predicted molar refractivity (Wildman–Crippen MR) is 132 cm³/mol. The summed E-state index contributed by atoms with van der Waals surface area (Å²) in [6.45, 7) is 2.29. The molecule has 2 fully saturated rings. The number of H-pyrrole nitrogens is 1. The monoisotopic (exact) mass is 477 g/mol. The lowest BCUT2D eigenvalue weighted by Gasteiger charge is -2.56. The maximum atomic E-state index is 14.6. The lowest BCUT2D eigenvalue weighted by atomic mass is 9.68. The number of hydrogen-bond donors (Lipinski definition) is 2. The van der Waals surface area contributed by atoms with E-state index < -0.39 is 0 Å². The number of aromatic amines is 1. The van der Waals surface area contributed by atoms with E-state index in [9.17, 15) is 14.3 Å². The minimum Gasteiger partial charge on any atom is -0.497 e. The van der Waals surface area contributed by atoms with Crippen molar-refractivity contribution in [2.24, 2.45) is 5.92 Å². The molecular formula is C28H32FN3O3. The Bertz CT molecular complexity index is 1260. The first-order chi connectivity index (χ1) is 17.0. The van der Waals surface area contributed by atoms with Gasteiger partial charge in [0.25, 0.3) is 0 Å². The molecule has 6 rings (SSSR count). The van der Waals surface area contributed by atoms with Crippen molar-refractivity contribution in [1.29, 1.82) is 0 Å². The molecule has 2 N–H and O–H groups in total. The van der Waals surface area contributed by atoms with Gasteiger partial charge >= 0.3 is 0 Å². The first-order valence-electron chi connectivity index (χ1n) is 12.6. The summed E-state index contributed by atoms with van der Waals surface area (Å²) in [7, 11) is 1.65. The number of nitrogens with zero attached hydrogens (tertiary/aromatic N) is 2. The maximum absolute atomic E-state index is 14.6. The van der Waals surface area contributed by atoms with Gasteiger partial charge in [-0.1, -0.05) is 31.0 Å². The molecule has 1 spiro atoms. The number of rotatable bonds is 5. The van der Waals surface area contributed by atoms with Gasteiger partial charge in [-0.3, -0.25) is 9.69 Å². The van der Waals surface area contributed by atoms with Crippen molar-refractivity contribution in [2.45, 2.75) is 43.7 Å². The quantitative estimate of drug-likeness (QED) is 0.580. The van der Waals surface area contributed by atoms with Crippen LogP contribution in [0, 0.1) is 11.7 Å². The van der Waals surface area contributed by atoms with Crippen molar-refractivity contribution in [3.05, 3.63) is 65.1 Å². The fraction of sp³-hybridized carbons (Fsp3) is 0.464. The zero-order valence-corrected chi connectivity index (χ0v) is 20.1. The van der Waals surface area contributed by atoms with Crippen molar-refractivity contribution in [2.75, 3.05) is 33.4 Å². The fourth-order valence-corrected chi connectivity index (χ4v) is 6.65. The Morgan fingerprint density at radius 1 is 1.17 bits per heavy atom. The second-order valence-corrected chi connectivity index (χ2v) is 10.5. The summed E-state index contributed by atoms with van der Waals surface area (Å²) >= 11 is 0. The number of fused-ring (bicyclic) bond motifs is 4. The van der Waals surface area contributed by atoms with Crippen LogP contribution in [0.1, 0.15) is 48.5 Å². The van der Waals surface area contributed by atoms with Gasteiger partial charge in [0.15, 0.2) is 0 Å². The van der Waals surface area contributed by atoms with E-state index in [1.165, 1.54) is 11.6 Å². The van der Waals surface area contributed by atoms with Gasteiger partial charge in [0.05, 0.1) is 19.8 Å². The van der Waals surface area contributed by atoms with Crippen LogP contribution in [0.5, 0.6) is 5.75 Å². The van der Waals surface area contributed by atoms with Crippen LogP contribution in [0.25, 0.3) is 10.9 Å². The number of aliphatic hydroxyl groups is 1. The highest BCUT2D eigenvalue weighted by molar-refractivity contribution is 5.89. The van der Waals surface area contributed by atoms with Crippen LogP contribution in [-0.2, 0) is 16.8 Å². The third-order valence-corrected chi connectivity index (χ3v) is 8.35. The highest BCUT2D eigenvalue weighted by Crippen LogP contribution is 2.49. The Morgan fingerprint density at radius 2 is 1.94 bits per heavy atom.